The maximum absolute atomic E-state index is 11.6. The number of Topliss-reactive ketones (excluding diaryl/α,β-unsaturated/α-hetero) is 1. The van der Waals surface area contributed by atoms with Gasteiger partial charge in [-0.1, -0.05) is 19.6 Å². The summed E-state index contributed by atoms with van der Waals surface area (Å²) in [5.41, 5.74) is 0.954. The molecule has 0 aliphatic heterocycles. The van der Waals surface area contributed by atoms with Crippen molar-refractivity contribution in [2.24, 2.45) is 0 Å². The van der Waals surface area contributed by atoms with Crippen molar-refractivity contribution in [3.8, 4) is 0 Å². The lowest BCUT2D eigenvalue weighted by atomic mass is 10.2. The minimum atomic E-state index is 0.0512. The van der Waals surface area contributed by atoms with Crippen LogP contribution in [0.2, 0.25) is 0 Å². The molecule has 2 nitrogen and oxygen atoms in total. The van der Waals surface area contributed by atoms with E-state index < -0.39 is 0 Å². The molecule has 0 aromatic rings. The van der Waals surface area contributed by atoms with Crippen LogP contribution < -0.4 is 0 Å². The Morgan fingerprint density at radius 3 is 2.86 bits per heavy atom. The second-order valence-electron chi connectivity index (χ2n) is 3.81. The normalized spacial score (nSPS) is 21.9. The minimum absolute atomic E-state index is 0.0512. The van der Waals surface area contributed by atoms with E-state index in [0.717, 1.165) is 31.4 Å². The first kappa shape index (κ1) is 11.0. The SMILES string of the molecule is C=C(C)N(/C=C\CC)[C@H]1CCCC1=O. The van der Waals surface area contributed by atoms with E-state index in [-0.39, 0.29) is 6.04 Å². The Balaban J connectivity index is 2.71. The number of allylic oxidation sites excluding steroid dienone is 2. The summed E-state index contributed by atoms with van der Waals surface area (Å²) in [6.45, 7) is 7.95. The molecule has 1 rings (SSSR count). The molecule has 0 spiro atoms. The average Bonchev–Trinajstić information content (AvgIpc) is 2.52. The fourth-order valence-electron chi connectivity index (χ4n) is 1.81. The van der Waals surface area contributed by atoms with Gasteiger partial charge in [-0.25, -0.2) is 0 Å². The summed E-state index contributed by atoms with van der Waals surface area (Å²) in [5, 5.41) is 0. The third-order valence-corrected chi connectivity index (χ3v) is 2.55. The number of ketones is 1. The molecule has 1 atom stereocenters. The molecule has 1 aliphatic rings. The van der Waals surface area contributed by atoms with E-state index in [2.05, 4.69) is 19.6 Å². The molecule has 1 aliphatic carbocycles. The highest BCUT2D eigenvalue weighted by molar-refractivity contribution is 5.86. The number of carbonyl (C=O) groups is 1. The summed E-state index contributed by atoms with van der Waals surface area (Å²) in [7, 11) is 0. The minimum Gasteiger partial charge on any atom is -0.342 e. The van der Waals surface area contributed by atoms with Crippen LogP contribution in [0.15, 0.2) is 24.6 Å². The lowest BCUT2D eigenvalue weighted by Crippen LogP contribution is -2.32. The molecule has 78 valence electrons. The molecule has 0 N–H and O–H groups in total. The maximum Gasteiger partial charge on any atom is 0.155 e. The lowest BCUT2D eigenvalue weighted by Gasteiger charge is -2.26. The Morgan fingerprint density at radius 1 is 1.71 bits per heavy atom. The van der Waals surface area contributed by atoms with E-state index in [9.17, 15) is 4.79 Å². The van der Waals surface area contributed by atoms with Gasteiger partial charge in [0.2, 0.25) is 0 Å². The highest BCUT2D eigenvalue weighted by Crippen LogP contribution is 2.23. The Bertz CT molecular complexity index is 255. The first-order valence-electron chi connectivity index (χ1n) is 5.30. The van der Waals surface area contributed by atoms with Crippen molar-refractivity contribution in [2.45, 2.75) is 45.6 Å². The molecule has 0 unspecified atom stereocenters. The van der Waals surface area contributed by atoms with Gasteiger partial charge in [0.05, 0.1) is 6.04 Å². The zero-order chi connectivity index (χ0) is 10.6. The standard InChI is InChI=1S/C12H19NO/c1-4-5-9-13(10(2)3)11-7-6-8-12(11)14/h5,9,11H,2,4,6-8H2,1,3H3/b9-5-/t11-/m0/s1. The fourth-order valence-corrected chi connectivity index (χ4v) is 1.81. The van der Waals surface area contributed by atoms with Crippen LogP contribution in [0.5, 0.6) is 0 Å². The van der Waals surface area contributed by atoms with E-state index in [1.54, 1.807) is 0 Å². The molecule has 0 bridgehead atoms. The van der Waals surface area contributed by atoms with Crippen LogP contribution in [-0.2, 0) is 4.79 Å². The Kier molecular flexibility index (Phi) is 3.93. The van der Waals surface area contributed by atoms with E-state index in [0.29, 0.717) is 5.78 Å². The smallest absolute Gasteiger partial charge is 0.155 e. The first-order valence-corrected chi connectivity index (χ1v) is 5.30. The van der Waals surface area contributed by atoms with Gasteiger partial charge in [-0.15, -0.1) is 0 Å². The summed E-state index contributed by atoms with van der Waals surface area (Å²) in [6.07, 6.45) is 7.78. The summed E-state index contributed by atoms with van der Waals surface area (Å²) in [5.74, 6) is 0.355. The molecular formula is C12H19NO. The number of hydrogen-bond acceptors (Lipinski definition) is 2. The summed E-state index contributed by atoms with van der Waals surface area (Å²) < 4.78 is 0. The van der Waals surface area contributed by atoms with E-state index >= 15 is 0 Å². The highest BCUT2D eigenvalue weighted by atomic mass is 16.1. The second kappa shape index (κ2) is 4.99. The van der Waals surface area contributed by atoms with Crippen LogP contribution in [0.25, 0.3) is 0 Å². The summed E-state index contributed by atoms with van der Waals surface area (Å²) in [6, 6.07) is 0.0512. The fraction of sp³-hybridized carbons (Fsp3) is 0.583. The van der Waals surface area contributed by atoms with Crippen LogP contribution in [0.4, 0.5) is 0 Å². The largest absolute Gasteiger partial charge is 0.342 e. The van der Waals surface area contributed by atoms with Gasteiger partial charge in [0.15, 0.2) is 5.78 Å². The molecule has 0 aromatic carbocycles. The zero-order valence-corrected chi connectivity index (χ0v) is 9.12. The predicted octanol–water partition coefficient (Wildman–Crippen LogP) is 2.87. The van der Waals surface area contributed by atoms with Crippen molar-refractivity contribution in [3.63, 3.8) is 0 Å². The van der Waals surface area contributed by atoms with Crippen molar-refractivity contribution in [2.75, 3.05) is 0 Å². The van der Waals surface area contributed by atoms with E-state index in [1.807, 2.05) is 18.0 Å². The molecule has 0 heterocycles. The van der Waals surface area contributed by atoms with Crippen molar-refractivity contribution in [3.05, 3.63) is 24.6 Å². The van der Waals surface area contributed by atoms with Crippen molar-refractivity contribution >= 4 is 5.78 Å². The van der Waals surface area contributed by atoms with Crippen LogP contribution in [0, 0.1) is 0 Å². The Morgan fingerprint density at radius 2 is 2.43 bits per heavy atom. The van der Waals surface area contributed by atoms with Crippen molar-refractivity contribution in [1.29, 1.82) is 0 Å². The van der Waals surface area contributed by atoms with Crippen molar-refractivity contribution in [1.82, 2.24) is 4.90 Å². The summed E-state index contributed by atoms with van der Waals surface area (Å²) in [4.78, 5) is 13.6. The first-order chi connectivity index (χ1) is 6.66. The molecule has 0 saturated heterocycles. The molecule has 2 heteroatoms. The maximum atomic E-state index is 11.6. The van der Waals surface area contributed by atoms with Gasteiger partial charge in [-0.05, 0) is 26.2 Å². The Hall–Kier alpha value is -1.05. The van der Waals surface area contributed by atoms with Crippen LogP contribution >= 0.6 is 0 Å². The van der Waals surface area contributed by atoms with Crippen molar-refractivity contribution < 1.29 is 4.79 Å². The van der Waals surface area contributed by atoms with E-state index in [1.165, 1.54) is 0 Å². The van der Waals surface area contributed by atoms with Gasteiger partial charge in [-0.3, -0.25) is 4.79 Å². The third-order valence-electron chi connectivity index (χ3n) is 2.55. The molecule has 14 heavy (non-hydrogen) atoms. The highest BCUT2D eigenvalue weighted by Gasteiger charge is 2.28. The van der Waals surface area contributed by atoms with Gasteiger partial charge in [0.1, 0.15) is 0 Å². The topological polar surface area (TPSA) is 20.3 Å². The third kappa shape index (κ3) is 2.47. The number of hydrogen-bond donors (Lipinski definition) is 0. The van der Waals surface area contributed by atoms with Gasteiger partial charge in [-0.2, -0.15) is 0 Å². The molecule has 1 saturated carbocycles. The van der Waals surface area contributed by atoms with E-state index in [4.69, 9.17) is 0 Å². The predicted molar refractivity (Wildman–Crippen MR) is 58.7 cm³/mol. The van der Waals surface area contributed by atoms with Gasteiger partial charge in [0.25, 0.3) is 0 Å². The molecule has 0 aromatic heterocycles. The van der Waals surface area contributed by atoms with Crippen LogP contribution in [-0.4, -0.2) is 16.7 Å². The molecule has 0 radical (unpaired) electrons. The monoisotopic (exact) mass is 193 g/mol. The van der Waals surface area contributed by atoms with Gasteiger partial charge < -0.3 is 4.90 Å². The number of nitrogens with zero attached hydrogens (tertiary/aromatic N) is 1. The quantitative estimate of drug-likeness (QED) is 0.684. The zero-order valence-electron chi connectivity index (χ0n) is 9.12. The van der Waals surface area contributed by atoms with Crippen LogP contribution in [0.1, 0.15) is 39.5 Å². The average molecular weight is 193 g/mol. The second-order valence-corrected chi connectivity index (χ2v) is 3.81. The van der Waals surface area contributed by atoms with Crippen LogP contribution in [0.3, 0.4) is 0 Å². The molecule has 0 amide bonds. The lowest BCUT2D eigenvalue weighted by molar-refractivity contribution is -0.120. The van der Waals surface area contributed by atoms with Gasteiger partial charge in [0, 0.05) is 18.3 Å². The molecule has 1 fully saturated rings. The Labute approximate surface area is 86.3 Å². The number of carbonyl (C=O) groups excluding carboxylic acids is 1. The van der Waals surface area contributed by atoms with Gasteiger partial charge >= 0.3 is 0 Å². The molecular weight excluding hydrogens is 174 g/mol. The summed E-state index contributed by atoms with van der Waals surface area (Å²) >= 11 is 0. The number of rotatable bonds is 4.